The van der Waals surface area contributed by atoms with Crippen LogP contribution in [0.2, 0.25) is 0 Å². The van der Waals surface area contributed by atoms with Crippen molar-refractivity contribution in [3.8, 4) is 5.75 Å². The third kappa shape index (κ3) is 3.84. The summed E-state index contributed by atoms with van der Waals surface area (Å²) < 4.78 is 7.25. The lowest BCUT2D eigenvalue weighted by molar-refractivity contribution is 0.414. The molecule has 1 atom stereocenters. The number of aromatic nitrogens is 2. The fourth-order valence-corrected chi connectivity index (χ4v) is 2.02. The summed E-state index contributed by atoms with van der Waals surface area (Å²) in [6.45, 7) is 5.95. The maximum Gasteiger partial charge on any atom is 0.119 e. The second kappa shape index (κ2) is 7.10. The molecule has 4 nitrogen and oxygen atoms in total. The highest BCUT2D eigenvalue weighted by molar-refractivity contribution is 5.28. The van der Waals surface area contributed by atoms with Crippen molar-refractivity contribution in [2.75, 3.05) is 7.11 Å². The molecule has 0 aliphatic carbocycles. The van der Waals surface area contributed by atoms with Gasteiger partial charge in [-0.2, -0.15) is 5.10 Å². The summed E-state index contributed by atoms with van der Waals surface area (Å²) in [5, 5.41) is 7.98. The maximum atomic E-state index is 5.22. The molecule has 20 heavy (non-hydrogen) atoms. The number of rotatable bonds is 7. The van der Waals surface area contributed by atoms with Crippen LogP contribution in [0.4, 0.5) is 0 Å². The molecule has 0 amide bonds. The van der Waals surface area contributed by atoms with Crippen molar-refractivity contribution in [3.05, 3.63) is 47.8 Å². The quantitative estimate of drug-likeness (QED) is 0.842. The number of methoxy groups -OCH3 is 1. The van der Waals surface area contributed by atoms with E-state index in [-0.39, 0.29) is 0 Å². The van der Waals surface area contributed by atoms with E-state index in [9.17, 15) is 0 Å². The van der Waals surface area contributed by atoms with Gasteiger partial charge in [-0.1, -0.05) is 19.1 Å². The Morgan fingerprint density at radius 1 is 1.30 bits per heavy atom. The predicted molar refractivity (Wildman–Crippen MR) is 80.8 cm³/mol. The van der Waals surface area contributed by atoms with Crippen LogP contribution in [0.3, 0.4) is 0 Å². The molecule has 1 N–H and O–H groups in total. The van der Waals surface area contributed by atoms with Crippen LogP contribution in [-0.2, 0) is 13.1 Å². The summed E-state index contributed by atoms with van der Waals surface area (Å²) in [5.41, 5.74) is 2.29. The number of nitrogens with zero attached hydrogens (tertiary/aromatic N) is 2. The van der Waals surface area contributed by atoms with Crippen molar-refractivity contribution in [3.63, 3.8) is 0 Å². The molecule has 1 aromatic heterocycles. The van der Waals surface area contributed by atoms with E-state index >= 15 is 0 Å². The molecular weight excluding hydrogens is 250 g/mol. The zero-order chi connectivity index (χ0) is 14.4. The van der Waals surface area contributed by atoms with Crippen molar-refractivity contribution >= 4 is 0 Å². The molecule has 0 spiro atoms. The van der Waals surface area contributed by atoms with Crippen molar-refractivity contribution < 1.29 is 4.74 Å². The van der Waals surface area contributed by atoms with Crippen LogP contribution < -0.4 is 10.1 Å². The number of nitrogens with one attached hydrogen (secondary N) is 1. The lowest BCUT2D eigenvalue weighted by Crippen LogP contribution is -2.14. The first-order valence-corrected chi connectivity index (χ1v) is 7.10. The number of hydrogen-bond donors (Lipinski definition) is 1. The molecule has 1 unspecified atom stereocenters. The Labute approximate surface area is 120 Å². The first-order valence-electron chi connectivity index (χ1n) is 7.10. The van der Waals surface area contributed by atoms with E-state index in [1.54, 1.807) is 7.11 Å². The summed E-state index contributed by atoms with van der Waals surface area (Å²) in [5.74, 6) is 0.894. The predicted octanol–water partition coefficient (Wildman–Crippen LogP) is 3.15. The van der Waals surface area contributed by atoms with E-state index in [0.29, 0.717) is 6.04 Å². The molecule has 4 heteroatoms. The van der Waals surface area contributed by atoms with Gasteiger partial charge in [0, 0.05) is 25.3 Å². The lowest BCUT2D eigenvalue weighted by Gasteiger charge is -2.08. The molecule has 0 radical (unpaired) electrons. The first-order chi connectivity index (χ1) is 9.72. The van der Waals surface area contributed by atoms with Crippen LogP contribution in [0, 0.1) is 0 Å². The zero-order valence-electron chi connectivity index (χ0n) is 12.5. The minimum Gasteiger partial charge on any atom is -0.497 e. The molecule has 0 saturated carbocycles. The molecule has 0 saturated heterocycles. The Hall–Kier alpha value is -1.81. The molecule has 1 aromatic carbocycles. The van der Waals surface area contributed by atoms with Gasteiger partial charge in [0.2, 0.25) is 0 Å². The highest BCUT2D eigenvalue weighted by Gasteiger charge is 2.04. The van der Waals surface area contributed by atoms with Gasteiger partial charge in [-0.05, 0) is 37.1 Å². The Balaban J connectivity index is 1.84. The second-order valence-electron chi connectivity index (χ2n) is 5.00. The number of ether oxygens (including phenoxy) is 1. The molecule has 0 aliphatic heterocycles. The van der Waals surface area contributed by atoms with E-state index in [1.165, 1.54) is 5.56 Å². The van der Waals surface area contributed by atoms with E-state index in [2.05, 4.69) is 42.6 Å². The smallest absolute Gasteiger partial charge is 0.119 e. The molecule has 1 heterocycles. The molecule has 2 aromatic rings. The van der Waals surface area contributed by atoms with Gasteiger partial charge in [0.1, 0.15) is 5.75 Å². The summed E-state index contributed by atoms with van der Waals surface area (Å²) in [6, 6.07) is 10.6. The van der Waals surface area contributed by atoms with Gasteiger partial charge in [0.25, 0.3) is 0 Å². The monoisotopic (exact) mass is 273 g/mol. The lowest BCUT2D eigenvalue weighted by atomic mass is 10.2. The fraction of sp³-hybridized carbons (Fsp3) is 0.438. The van der Waals surface area contributed by atoms with Crippen LogP contribution in [0.25, 0.3) is 0 Å². The molecular formula is C16H23N3O. The first kappa shape index (κ1) is 14.6. The van der Waals surface area contributed by atoms with Crippen molar-refractivity contribution in [2.24, 2.45) is 0 Å². The molecule has 0 bridgehead atoms. The Morgan fingerprint density at radius 2 is 2.15 bits per heavy atom. The average Bonchev–Trinajstić information content (AvgIpc) is 2.95. The highest BCUT2D eigenvalue weighted by atomic mass is 16.5. The number of hydrogen-bond acceptors (Lipinski definition) is 3. The van der Waals surface area contributed by atoms with Crippen molar-refractivity contribution in [2.45, 2.75) is 39.4 Å². The van der Waals surface area contributed by atoms with E-state index in [1.807, 2.05) is 22.9 Å². The van der Waals surface area contributed by atoms with E-state index in [0.717, 1.165) is 31.0 Å². The van der Waals surface area contributed by atoms with E-state index < -0.39 is 0 Å². The number of benzene rings is 1. The molecule has 2 rings (SSSR count). The van der Waals surface area contributed by atoms with Crippen LogP contribution in [0.1, 0.15) is 37.6 Å². The third-order valence-electron chi connectivity index (χ3n) is 3.48. The molecule has 0 fully saturated rings. The summed E-state index contributed by atoms with van der Waals surface area (Å²) in [7, 11) is 1.69. The van der Waals surface area contributed by atoms with E-state index in [4.69, 9.17) is 4.74 Å². The Morgan fingerprint density at radius 3 is 2.90 bits per heavy atom. The third-order valence-corrected chi connectivity index (χ3v) is 3.48. The van der Waals surface area contributed by atoms with Gasteiger partial charge < -0.3 is 10.1 Å². The van der Waals surface area contributed by atoms with Gasteiger partial charge in [-0.25, -0.2) is 0 Å². The van der Waals surface area contributed by atoms with Crippen LogP contribution in [-0.4, -0.2) is 16.9 Å². The minimum absolute atomic E-state index is 0.460. The Kier molecular flexibility index (Phi) is 5.18. The van der Waals surface area contributed by atoms with Gasteiger partial charge >= 0.3 is 0 Å². The maximum absolute atomic E-state index is 5.22. The zero-order valence-corrected chi connectivity index (χ0v) is 12.5. The van der Waals surface area contributed by atoms with Crippen LogP contribution >= 0.6 is 0 Å². The Bertz CT molecular complexity index is 536. The minimum atomic E-state index is 0.460. The van der Waals surface area contributed by atoms with Gasteiger partial charge in [-0.15, -0.1) is 0 Å². The van der Waals surface area contributed by atoms with Gasteiger partial charge in [0.15, 0.2) is 0 Å². The normalized spacial score (nSPS) is 12.3. The van der Waals surface area contributed by atoms with Gasteiger partial charge in [0.05, 0.1) is 12.8 Å². The highest BCUT2D eigenvalue weighted by Crippen LogP contribution is 2.12. The summed E-state index contributed by atoms with van der Waals surface area (Å²) in [4.78, 5) is 0. The van der Waals surface area contributed by atoms with Crippen molar-refractivity contribution in [1.82, 2.24) is 15.1 Å². The summed E-state index contributed by atoms with van der Waals surface area (Å²) in [6.07, 6.45) is 3.15. The van der Waals surface area contributed by atoms with Crippen LogP contribution in [0.15, 0.2) is 36.5 Å². The average molecular weight is 273 g/mol. The van der Waals surface area contributed by atoms with Crippen LogP contribution in [0.5, 0.6) is 5.75 Å². The molecule has 108 valence electrons. The topological polar surface area (TPSA) is 39.1 Å². The van der Waals surface area contributed by atoms with Gasteiger partial charge in [-0.3, -0.25) is 4.68 Å². The largest absolute Gasteiger partial charge is 0.497 e. The van der Waals surface area contributed by atoms with Crippen molar-refractivity contribution in [1.29, 1.82) is 0 Å². The second-order valence-corrected chi connectivity index (χ2v) is 5.00. The standard InChI is InChI=1S/C16H23N3O/c1-4-13(2)19-9-8-15(18-19)12-17-11-14-6-5-7-16(10-14)20-3/h5-10,13,17H,4,11-12H2,1-3H3. The summed E-state index contributed by atoms with van der Waals surface area (Å²) >= 11 is 0. The molecule has 0 aliphatic rings. The SMILES string of the molecule is CCC(C)n1ccc(CNCc2cccc(OC)c2)n1. The fourth-order valence-electron chi connectivity index (χ4n) is 2.02.